The van der Waals surface area contributed by atoms with Gasteiger partial charge in [-0.25, -0.2) is 0 Å². The highest BCUT2D eigenvalue weighted by Gasteiger charge is 2.09. The van der Waals surface area contributed by atoms with Gasteiger partial charge in [0.1, 0.15) is 5.75 Å². The van der Waals surface area contributed by atoms with E-state index in [-0.39, 0.29) is 0 Å². The maximum atomic E-state index is 5.70. The molecule has 17 heavy (non-hydrogen) atoms. The smallest absolute Gasteiger partial charge is 0.264 e. The molecule has 0 radical (unpaired) electrons. The average molecular weight is 232 g/mol. The van der Waals surface area contributed by atoms with Gasteiger partial charge < -0.3 is 9.26 Å². The molecule has 0 amide bonds. The summed E-state index contributed by atoms with van der Waals surface area (Å²) < 4.78 is 10.7. The minimum absolute atomic E-state index is 0.310. The first-order chi connectivity index (χ1) is 8.16. The Labute approximate surface area is 101 Å². The Morgan fingerprint density at radius 1 is 1.29 bits per heavy atom. The molecule has 2 aromatic rings. The van der Waals surface area contributed by atoms with Gasteiger partial charge in [-0.3, -0.25) is 0 Å². The summed E-state index contributed by atoms with van der Waals surface area (Å²) in [5, 5.41) is 3.72. The Bertz CT molecular complexity index is 492. The van der Waals surface area contributed by atoms with Gasteiger partial charge in [0.15, 0.2) is 12.4 Å². The van der Waals surface area contributed by atoms with Crippen molar-refractivity contribution in [1.82, 2.24) is 10.1 Å². The van der Waals surface area contributed by atoms with E-state index in [1.165, 1.54) is 5.56 Å². The molecule has 1 aromatic heterocycles. The third-order valence-electron chi connectivity index (χ3n) is 2.46. The number of rotatable bonds is 4. The maximum absolute atomic E-state index is 5.70. The summed E-state index contributed by atoms with van der Waals surface area (Å²) in [5.41, 5.74) is 1.18. The van der Waals surface area contributed by atoms with Gasteiger partial charge >= 0.3 is 0 Å². The zero-order valence-electron chi connectivity index (χ0n) is 10.3. The van der Waals surface area contributed by atoms with Crippen LogP contribution in [0.3, 0.4) is 0 Å². The molecule has 4 heteroatoms. The van der Waals surface area contributed by atoms with E-state index in [1.807, 2.05) is 18.2 Å². The van der Waals surface area contributed by atoms with E-state index in [9.17, 15) is 0 Å². The predicted octanol–water partition coefficient (Wildman–Crippen LogP) is 3.08. The van der Waals surface area contributed by atoms with Crippen LogP contribution in [0.15, 0.2) is 28.8 Å². The average Bonchev–Trinajstić information content (AvgIpc) is 2.73. The first-order valence-corrected chi connectivity index (χ1v) is 5.67. The van der Waals surface area contributed by atoms with E-state index >= 15 is 0 Å². The first kappa shape index (κ1) is 11.6. The standard InChI is InChI=1S/C13H16N2O2/c1-9(2)11-6-4-5-7-12(11)16-8-13-14-10(3)15-17-13/h4-7,9H,8H2,1-3H3. The summed E-state index contributed by atoms with van der Waals surface area (Å²) in [6.07, 6.45) is 0. The lowest BCUT2D eigenvalue weighted by Crippen LogP contribution is -2.00. The third-order valence-corrected chi connectivity index (χ3v) is 2.46. The van der Waals surface area contributed by atoms with Gasteiger partial charge in [-0.05, 0) is 24.5 Å². The second kappa shape index (κ2) is 4.99. The Morgan fingerprint density at radius 2 is 2.06 bits per heavy atom. The van der Waals surface area contributed by atoms with Crippen LogP contribution in [-0.2, 0) is 6.61 Å². The second-order valence-electron chi connectivity index (χ2n) is 4.22. The van der Waals surface area contributed by atoms with E-state index in [0.717, 1.165) is 5.75 Å². The molecule has 0 bridgehead atoms. The summed E-state index contributed by atoms with van der Waals surface area (Å²) in [6.45, 7) is 6.37. The molecule has 0 spiro atoms. The van der Waals surface area contributed by atoms with Crippen LogP contribution in [0.2, 0.25) is 0 Å². The number of para-hydroxylation sites is 1. The fraction of sp³-hybridized carbons (Fsp3) is 0.385. The number of aryl methyl sites for hydroxylation is 1. The van der Waals surface area contributed by atoms with Crippen molar-refractivity contribution in [1.29, 1.82) is 0 Å². The molecular formula is C13H16N2O2. The van der Waals surface area contributed by atoms with Crippen LogP contribution in [0.4, 0.5) is 0 Å². The van der Waals surface area contributed by atoms with Gasteiger partial charge in [0.25, 0.3) is 5.89 Å². The van der Waals surface area contributed by atoms with Crippen molar-refractivity contribution >= 4 is 0 Å². The molecule has 0 unspecified atom stereocenters. The lowest BCUT2D eigenvalue weighted by atomic mass is 10.0. The summed E-state index contributed by atoms with van der Waals surface area (Å²) in [7, 11) is 0. The van der Waals surface area contributed by atoms with Gasteiger partial charge in [0.05, 0.1) is 0 Å². The highest BCUT2D eigenvalue weighted by Crippen LogP contribution is 2.26. The highest BCUT2D eigenvalue weighted by atomic mass is 16.5. The van der Waals surface area contributed by atoms with Gasteiger partial charge in [-0.1, -0.05) is 37.2 Å². The predicted molar refractivity (Wildman–Crippen MR) is 63.9 cm³/mol. The van der Waals surface area contributed by atoms with E-state index in [4.69, 9.17) is 9.26 Å². The van der Waals surface area contributed by atoms with Crippen molar-refractivity contribution in [3.05, 3.63) is 41.5 Å². The number of aromatic nitrogens is 2. The number of benzene rings is 1. The number of hydrogen-bond acceptors (Lipinski definition) is 4. The molecule has 0 fully saturated rings. The molecular weight excluding hydrogens is 216 g/mol. The van der Waals surface area contributed by atoms with Gasteiger partial charge in [0, 0.05) is 0 Å². The van der Waals surface area contributed by atoms with E-state index in [0.29, 0.717) is 24.2 Å². The van der Waals surface area contributed by atoms with Crippen molar-refractivity contribution in [2.24, 2.45) is 0 Å². The van der Waals surface area contributed by atoms with Crippen molar-refractivity contribution < 1.29 is 9.26 Å². The highest BCUT2D eigenvalue weighted by molar-refractivity contribution is 5.35. The molecule has 0 atom stereocenters. The molecule has 0 aliphatic heterocycles. The summed E-state index contributed by atoms with van der Waals surface area (Å²) >= 11 is 0. The number of hydrogen-bond donors (Lipinski definition) is 0. The molecule has 90 valence electrons. The fourth-order valence-corrected chi connectivity index (χ4v) is 1.63. The molecule has 1 aromatic carbocycles. The van der Waals surface area contributed by atoms with Crippen molar-refractivity contribution in [2.45, 2.75) is 33.3 Å². The van der Waals surface area contributed by atoms with Crippen LogP contribution < -0.4 is 4.74 Å². The molecule has 0 saturated carbocycles. The first-order valence-electron chi connectivity index (χ1n) is 5.67. The van der Waals surface area contributed by atoms with Gasteiger partial charge in [0.2, 0.25) is 0 Å². The lowest BCUT2D eigenvalue weighted by Gasteiger charge is -2.12. The Kier molecular flexibility index (Phi) is 3.42. The van der Waals surface area contributed by atoms with Crippen LogP contribution in [0.25, 0.3) is 0 Å². The largest absolute Gasteiger partial charge is 0.483 e. The van der Waals surface area contributed by atoms with Crippen LogP contribution >= 0.6 is 0 Å². The van der Waals surface area contributed by atoms with Crippen molar-refractivity contribution in [3.8, 4) is 5.75 Å². The molecule has 0 aliphatic carbocycles. The minimum Gasteiger partial charge on any atom is -0.483 e. The molecule has 2 rings (SSSR count). The normalized spacial score (nSPS) is 10.8. The zero-order valence-corrected chi connectivity index (χ0v) is 10.3. The second-order valence-corrected chi connectivity index (χ2v) is 4.22. The lowest BCUT2D eigenvalue weighted by molar-refractivity contribution is 0.240. The van der Waals surface area contributed by atoms with Crippen molar-refractivity contribution in [2.75, 3.05) is 0 Å². The quantitative estimate of drug-likeness (QED) is 0.812. The maximum Gasteiger partial charge on any atom is 0.264 e. The summed E-state index contributed by atoms with van der Waals surface area (Å²) in [4.78, 5) is 4.10. The fourth-order valence-electron chi connectivity index (χ4n) is 1.63. The van der Waals surface area contributed by atoms with Crippen LogP contribution in [0.1, 0.15) is 37.0 Å². The molecule has 0 aliphatic rings. The van der Waals surface area contributed by atoms with Crippen LogP contribution in [-0.4, -0.2) is 10.1 Å². The monoisotopic (exact) mass is 232 g/mol. The third kappa shape index (κ3) is 2.84. The molecule has 0 N–H and O–H groups in total. The van der Waals surface area contributed by atoms with Crippen LogP contribution in [0.5, 0.6) is 5.75 Å². The Hall–Kier alpha value is -1.84. The number of nitrogens with zero attached hydrogens (tertiary/aromatic N) is 2. The van der Waals surface area contributed by atoms with Gasteiger partial charge in [-0.15, -0.1) is 0 Å². The summed E-state index contributed by atoms with van der Waals surface area (Å²) in [6, 6.07) is 8.00. The zero-order chi connectivity index (χ0) is 12.3. The van der Waals surface area contributed by atoms with Crippen molar-refractivity contribution in [3.63, 3.8) is 0 Å². The van der Waals surface area contributed by atoms with Gasteiger partial charge in [-0.2, -0.15) is 4.98 Å². The molecule has 1 heterocycles. The minimum atomic E-state index is 0.310. The van der Waals surface area contributed by atoms with E-state index in [2.05, 4.69) is 30.1 Å². The topological polar surface area (TPSA) is 48.2 Å². The summed E-state index contributed by atoms with van der Waals surface area (Å²) in [5.74, 6) is 2.43. The van der Waals surface area contributed by atoms with E-state index < -0.39 is 0 Å². The SMILES string of the molecule is Cc1noc(COc2ccccc2C(C)C)n1. The number of ether oxygens (including phenoxy) is 1. The van der Waals surface area contributed by atoms with Crippen LogP contribution in [0, 0.1) is 6.92 Å². The Balaban J connectivity index is 2.08. The molecule has 0 saturated heterocycles. The van der Waals surface area contributed by atoms with E-state index in [1.54, 1.807) is 6.92 Å². The molecule has 4 nitrogen and oxygen atoms in total. The Morgan fingerprint density at radius 3 is 2.71 bits per heavy atom.